The highest BCUT2D eigenvalue weighted by Gasteiger charge is 2.21. The second-order valence-electron chi connectivity index (χ2n) is 9.34. The van der Waals surface area contributed by atoms with E-state index in [4.69, 9.17) is 10.5 Å². The van der Waals surface area contributed by atoms with Gasteiger partial charge in [-0.2, -0.15) is 21.9 Å². The second kappa shape index (κ2) is 11.0. The fraction of sp³-hybridized carbons (Fsp3) is 0.0714. The molecule has 0 heterocycles. The van der Waals surface area contributed by atoms with E-state index in [1.807, 2.05) is 0 Å². The first-order chi connectivity index (χ1) is 20.3. The molecule has 0 amide bonds. The van der Waals surface area contributed by atoms with Gasteiger partial charge in [0.05, 0.1) is 17.7 Å². The molecule has 0 spiro atoms. The normalized spacial score (nSPS) is 12.6. The van der Waals surface area contributed by atoms with Crippen molar-refractivity contribution >= 4 is 70.2 Å². The summed E-state index contributed by atoms with van der Waals surface area (Å²) >= 11 is 0. The average molecular weight is 622 g/mol. The van der Waals surface area contributed by atoms with Crippen molar-refractivity contribution in [2.24, 2.45) is 20.5 Å². The molecule has 5 N–H and O–H groups in total. The van der Waals surface area contributed by atoms with Gasteiger partial charge < -0.3 is 15.6 Å². The van der Waals surface area contributed by atoms with E-state index in [0.717, 1.165) is 6.07 Å². The number of phenolic OH excluding ortho intramolecular Hbond substituents is 1. The first-order valence-corrected chi connectivity index (χ1v) is 15.2. The summed E-state index contributed by atoms with van der Waals surface area (Å²) in [5.74, 6) is -0.00353. The molecule has 15 heteroatoms. The van der Waals surface area contributed by atoms with Crippen molar-refractivity contribution in [2.75, 3.05) is 12.8 Å². The zero-order valence-corrected chi connectivity index (χ0v) is 24.1. The van der Waals surface area contributed by atoms with Crippen molar-refractivity contribution in [3.8, 4) is 11.5 Å². The Hall–Kier alpha value is -4.96. The van der Waals surface area contributed by atoms with Crippen LogP contribution in [0.3, 0.4) is 0 Å². The topological polar surface area (TPSA) is 214 Å². The van der Waals surface area contributed by atoms with Crippen molar-refractivity contribution in [3.63, 3.8) is 0 Å². The fourth-order valence-electron chi connectivity index (χ4n) is 4.43. The van der Waals surface area contributed by atoms with Gasteiger partial charge in [-0.1, -0.05) is 36.4 Å². The Kier molecular flexibility index (Phi) is 7.58. The number of azo groups is 2. The van der Waals surface area contributed by atoms with E-state index in [9.17, 15) is 31.0 Å². The number of aromatic hydroxyl groups is 1. The van der Waals surface area contributed by atoms with Crippen molar-refractivity contribution in [1.29, 1.82) is 0 Å². The SMILES string of the molecule is COc1cc(N=Nc2c(S(=O)(=O)O)cc(N)c3ccccc23)c(C)cc1N=Nc1c(O)ccc2cc(S(=O)(=O)O)ccc12. The van der Waals surface area contributed by atoms with Crippen molar-refractivity contribution in [1.82, 2.24) is 0 Å². The molecule has 0 unspecified atom stereocenters. The molecule has 5 aromatic carbocycles. The lowest BCUT2D eigenvalue weighted by atomic mass is 10.1. The van der Waals surface area contributed by atoms with Gasteiger partial charge in [0.25, 0.3) is 20.2 Å². The van der Waals surface area contributed by atoms with Crippen LogP contribution in [-0.4, -0.2) is 38.2 Å². The molecule has 0 bridgehead atoms. The number of hydrogen-bond acceptors (Lipinski definition) is 11. The predicted molar refractivity (Wildman–Crippen MR) is 160 cm³/mol. The summed E-state index contributed by atoms with van der Waals surface area (Å²) in [6.45, 7) is 1.70. The maximum atomic E-state index is 12.1. The molecule has 0 atom stereocenters. The largest absolute Gasteiger partial charge is 0.506 e. The summed E-state index contributed by atoms with van der Waals surface area (Å²) in [7, 11) is -7.74. The molecular formula is C28H23N5O8S2. The van der Waals surface area contributed by atoms with Gasteiger partial charge in [-0.3, -0.25) is 9.11 Å². The first-order valence-electron chi connectivity index (χ1n) is 12.3. The van der Waals surface area contributed by atoms with Crippen LogP contribution in [0.15, 0.2) is 103 Å². The maximum Gasteiger partial charge on any atom is 0.296 e. The molecule has 43 heavy (non-hydrogen) atoms. The number of benzene rings is 5. The molecule has 0 aliphatic heterocycles. The average Bonchev–Trinajstić information content (AvgIpc) is 2.95. The molecule has 5 rings (SSSR count). The Bertz CT molecular complexity index is 2220. The summed E-state index contributed by atoms with van der Waals surface area (Å²) in [6.07, 6.45) is 0. The Morgan fingerprint density at radius 1 is 0.721 bits per heavy atom. The third-order valence-corrected chi connectivity index (χ3v) is 8.26. The Morgan fingerprint density at radius 2 is 1.40 bits per heavy atom. The zero-order chi connectivity index (χ0) is 31.1. The molecule has 0 aliphatic rings. The van der Waals surface area contributed by atoms with Crippen molar-refractivity contribution in [3.05, 3.63) is 78.4 Å². The quantitative estimate of drug-likeness (QED) is 0.0841. The van der Waals surface area contributed by atoms with Gasteiger partial charge in [0.1, 0.15) is 33.5 Å². The predicted octanol–water partition coefficient (Wildman–Crippen LogP) is 6.92. The molecule has 0 aromatic heterocycles. The van der Waals surface area contributed by atoms with Gasteiger partial charge >= 0.3 is 0 Å². The number of anilines is 1. The number of nitrogen functional groups attached to an aromatic ring is 1. The molecule has 0 aliphatic carbocycles. The lowest BCUT2D eigenvalue weighted by molar-refractivity contribution is 0.416. The minimum Gasteiger partial charge on any atom is -0.506 e. The van der Waals surface area contributed by atoms with Crippen LogP contribution >= 0.6 is 0 Å². The van der Waals surface area contributed by atoms with Crippen LogP contribution in [-0.2, 0) is 20.2 Å². The van der Waals surface area contributed by atoms with Crippen LogP contribution < -0.4 is 10.5 Å². The maximum absolute atomic E-state index is 12.1. The van der Waals surface area contributed by atoms with E-state index >= 15 is 0 Å². The monoisotopic (exact) mass is 621 g/mol. The van der Waals surface area contributed by atoms with Crippen molar-refractivity contribution < 1.29 is 35.8 Å². The Morgan fingerprint density at radius 3 is 2.07 bits per heavy atom. The third-order valence-electron chi connectivity index (χ3n) is 6.54. The number of fused-ring (bicyclic) bond motifs is 2. The molecule has 0 saturated heterocycles. The second-order valence-corrected chi connectivity index (χ2v) is 12.1. The highest BCUT2D eigenvalue weighted by Crippen LogP contribution is 2.42. The number of nitrogens with zero attached hydrogens (tertiary/aromatic N) is 4. The van der Waals surface area contributed by atoms with Crippen LogP contribution in [0.5, 0.6) is 11.5 Å². The molecule has 5 aromatic rings. The van der Waals surface area contributed by atoms with Crippen LogP contribution in [0.1, 0.15) is 5.56 Å². The highest BCUT2D eigenvalue weighted by molar-refractivity contribution is 7.86. The minimum absolute atomic E-state index is 0.0517. The molecular weight excluding hydrogens is 598 g/mol. The molecule has 220 valence electrons. The van der Waals surface area contributed by atoms with Gasteiger partial charge in [0.15, 0.2) is 0 Å². The third kappa shape index (κ3) is 5.87. The van der Waals surface area contributed by atoms with Gasteiger partial charge in [-0.05, 0) is 48.2 Å². The van der Waals surface area contributed by atoms with Gasteiger partial charge in [0.2, 0.25) is 0 Å². The summed E-state index contributed by atoms with van der Waals surface area (Å²) in [4.78, 5) is -0.813. The number of phenols is 1. The van der Waals surface area contributed by atoms with Crippen LogP contribution in [0.4, 0.5) is 28.4 Å². The Labute approximate surface area is 245 Å². The lowest BCUT2D eigenvalue weighted by Crippen LogP contribution is -2.01. The van der Waals surface area contributed by atoms with Gasteiger partial charge in [-0.15, -0.1) is 15.3 Å². The van der Waals surface area contributed by atoms with E-state index in [0.29, 0.717) is 32.8 Å². The number of rotatable bonds is 7. The summed E-state index contributed by atoms with van der Waals surface area (Å²) in [6, 6.07) is 17.5. The Balaban J connectivity index is 1.56. The summed E-state index contributed by atoms with van der Waals surface area (Å²) < 4.78 is 71.9. The molecule has 0 saturated carbocycles. The van der Waals surface area contributed by atoms with E-state index in [1.165, 1.54) is 43.5 Å². The van der Waals surface area contributed by atoms with E-state index < -0.39 is 25.1 Å². The number of nitrogens with two attached hydrogens (primary N) is 1. The van der Waals surface area contributed by atoms with Gasteiger partial charge in [0, 0.05) is 27.9 Å². The minimum atomic E-state index is -4.69. The summed E-state index contributed by atoms with van der Waals surface area (Å²) in [5.41, 5.74) is 7.20. The fourth-order valence-corrected chi connectivity index (χ4v) is 5.61. The molecule has 13 nitrogen and oxygen atoms in total. The zero-order valence-electron chi connectivity index (χ0n) is 22.5. The van der Waals surface area contributed by atoms with E-state index in [1.54, 1.807) is 37.3 Å². The van der Waals surface area contributed by atoms with Crippen LogP contribution in [0, 0.1) is 6.92 Å². The highest BCUT2D eigenvalue weighted by atomic mass is 32.2. The molecule has 0 radical (unpaired) electrons. The van der Waals surface area contributed by atoms with E-state index in [2.05, 4.69) is 20.5 Å². The summed E-state index contributed by atoms with van der Waals surface area (Å²) in [5, 5.41) is 28.9. The van der Waals surface area contributed by atoms with Crippen molar-refractivity contribution in [2.45, 2.75) is 16.7 Å². The molecule has 0 fully saturated rings. The number of methoxy groups -OCH3 is 1. The van der Waals surface area contributed by atoms with Gasteiger partial charge in [-0.25, -0.2) is 0 Å². The lowest BCUT2D eigenvalue weighted by Gasteiger charge is -2.10. The first kappa shape index (κ1) is 29.5. The number of ether oxygens (including phenoxy) is 1. The van der Waals surface area contributed by atoms with Crippen LogP contribution in [0.25, 0.3) is 21.5 Å². The number of hydrogen-bond donors (Lipinski definition) is 4. The van der Waals surface area contributed by atoms with Crippen LogP contribution in [0.2, 0.25) is 0 Å². The standard InChI is InChI=1S/C28H23N5O8S2/c1-15-11-23(31-32-27-18-9-8-17(42(35,36)37)12-16(18)7-10-24(27)34)25(41-2)14-22(15)30-33-28-20-6-4-3-5-19(20)21(29)13-26(28)43(38,39)40/h3-14,34H,29H2,1-2H3,(H,35,36,37)(H,38,39,40). The number of aryl methyl sites for hydroxylation is 1. The smallest absolute Gasteiger partial charge is 0.296 e. The van der Waals surface area contributed by atoms with E-state index in [-0.39, 0.29) is 39.1 Å².